The molecule has 0 aromatic carbocycles. The summed E-state index contributed by atoms with van der Waals surface area (Å²) in [7, 11) is 0. The van der Waals surface area contributed by atoms with E-state index in [2.05, 4.69) is 65.8 Å². The lowest BCUT2D eigenvalue weighted by molar-refractivity contribution is -0.137. The Balaban J connectivity index is 4.87. The molecule has 3 nitrogen and oxygen atoms in total. The second kappa shape index (κ2) is 14.8. The summed E-state index contributed by atoms with van der Waals surface area (Å²) in [5.41, 5.74) is 11.1. The Morgan fingerprint density at radius 1 is 0.926 bits per heavy atom. The first-order valence-corrected chi connectivity index (χ1v) is 10.9. The van der Waals surface area contributed by atoms with Gasteiger partial charge in [-0.05, 0) is 73.6 Å². The van der Waals surface area contributed by atoms with E-state index in [0.29, 0.717) is 5.75 Å². The Morgan fingerprint density at radius 2 is 1.44 bits per heavy atom. The molecule has 0 rings (SSSR count). The van der Waals surface area contributed by atoms with Gasteiger partial charge in [-0.25, -0.2) is 0 Å². The molecule has 0 saturated carbocycles. The van der Waals surface area contributed by atoms with Crippen LogP contribution in [0, 0.1) is 0 Å². The normalized spacial score (nSPS) is 14.5. The maximum absolute atomic E-state index is 11.0. The minimum absolute atomic E-state index is 0.264. The number of carboxylic acid groups (broad SMARTS) is 1. The lowest BCUT2D eigenvalue weighted by Gasteiger charge is -2.15. The molecule has 0 radical (unpaired) electrons. The smallest absolute Gasteiger partial charge is 0.321 e. The summed E-state index contributed by atoms with van der Waals surface area (Å²) in [6.45, 7) is 12.8. The number of rotatable bonds is 13. The zero-order valence-corrected chi connectivity index (χ0v) is 18.9. The van der Waals surface area contributed by atoms with Crippen molar-refractivity contribution in [1.29, 1.82) is 0 Å². The zero-order valence-electron chi connectivity index (χ0n) is 18.0. The van der Waals surface area contributed by atoms with Crippen molar-refractivity contribution in [3.8, 4) is 0 Å². The lowest BCUT2D eigenvalue weighted by atomic mass is 10.1. The van der Waals surface area contributed by atoms with Crippen LogP contribution >= 0.6 is 11.8 Å². The van der Waals surface area contributed by atoms with E-state index in [-0.39, 0.29) is 5.25 Å². The highest BCUT2D eigenvalue weighted by Gasteiger charge is 2.14. The van der Waals surface area contributed by atoms with E-state index in [1.54, 1.807) is 11.8 Å². The summed E-state index contributed by atoms with van der Waals surface area (Å²) in [6.07, 6.45) is 14.3. The first-order chi connectivity index (χ1) is 12.6. The molecule has 0 spiro atoms. The van der Waals surface area contributed by atoms with Crippen molar-refractivity contribution < 1.29 is 9.90 Å². The number of aliphatic carboxylic acids is 1. The maximum Gasteiger partial charge on any atom is 0.321 e. The van der Waals surface area contributed by atoms with E-state index >= 15 is 0 Å². The Hall–Kier alpha value is -1.26. The molecule has 2 atom stereocenters. The molecule has 0 heterocycles. The van der Waals surface area contributed by atoms with Gasteiger partial charge in [0.1, 0.15) is 6.04 Å². The van der Waals surface area contributed by atoms with Crippen molar-refractivity contribution >= 4 is 17.7 Å². The Morgan fingerprint density at radius 3 is 1.93 bits per heavy atom. The van der Waals surface area contributed by atoms with Gasteiger partial charge < -0.3 is 10.8 Å². The van der Waals surface area contributed by atoms with Crippen molar-refractivity contribution in [2.75, 3.05) is 5.75 Å². The Labute approximate surface area is 170 Å². The van der Waals surface area contributed by atoms with Crippen LogP contribution in [0.3, 0.4) is 0 Å². The predicted octanol–water partition coefficient (Wildman–Crippen LogP) is 6.28. The number of allylic oxidation sites excluding steroid dienone is 7. The van der Waals surface area contributed by atoms with E-state index < -0.39 is 12.0 Å². The van der Waals surface area contributed by atoms with Gasteiger partial charge in [0.25, 0.3) is 0 Å². The number of hydrogen-bond donors (Lipinski definition) is 2. The molecule has 3 N–H and O–H groups in total. The van der Waals surface area contributed by atoms with Crippen LogP contribution in [0.15, 0.2) is 46.6 Å². The first-order valence-electron chi connectivity index (χ1n) is 9.81. The van der Waals surface area contributed by atoms with Crippen LogP contribution in [0.4, 0.5) is 0 Å². The summed E-state index contributed by atoms with van der Waals surface area (Å²) in [5.74, 6) is -0.499. The third-order valence-electron chi connectivity index (χ3n) is 4.16. The molecule has 27 heavy (non-hydrogen) atoms. The monoisotopic (exact) mass is 393 g/mol. The highest BCUT2D eigenvalue weighted by atomic mass is 32.2. The molecule has 0 aliphatic rings. The number of thioether (sulfide) groups is 1. The summed E-state index contributed by atoms with van der Waals surface area (Å²) >= 11 is 1.64. The van der Waals surface area contributed by atoms with E-state index in [1.165, 1.54) is 22.3 Å². The Bertz CT molecular complexity index is 565. The van der Waals surface area contributed by atoms with Crippen LogP contribution in [0.2, 0.25) is 0 Å². The van der Waals surface area contributed by atoms with Crippen LogP contribution in [-0.4, -0.2) is 28.1 Å². The molecule has 0 aliphatic heterocycles. The number of carboxylic acids is 1. The molecule has 1 unspecified atom stereocenters. The maximum atomic E-state index is 11.0. The second-order valence-corrected chi connectivity index (χ2v) is 9.03. The van der Waals surface area contributed by atoms with Crippen molar-refractivity contribution in [2.24, 2.45) is 5.73 Å². The molecule has 0 fully saturated rings. The summed E-state index contributed by atoms with van der Waals surface area (Å²) in [6, 6.07) is -0.806. The SMILES string of the molecule is CC(C)=CCC/C(C)=C/CC(/C=C(\C)CCC=C(C)C)SC[C@H](N)C(=O)O. The van der Waals surface area contributed by atoms with Gasteiger partial charge >= 0.3 is 5.97 Å². The van der Waals surface area contributed by atoms with Gasteiger partial charge in [-0.2, -0.15) is 11.8 Å². The molecule has 0 saturated heterocycles. The molecule has 4 heteroatoms. The number of hydrogen-bond acceptors (Lipinski definition) is 3. The van der Waals surface area contributed by atoms with E-state index in [4.69, 9.17) is 10.8 Å². The fourth-order valence-corrected chi connectivity index (χ4v) is 3.64. The minimum Gasteiger partial charge on any atom is -0.480 e. The van der Waals surface area contributed by atoms with Crippen LogP contribution in [0.5, 0.6) is 0 Å². The van der Waals surface area contributed by atoms with Gasteiger partial charge in [0.15, 0.2) is 0 Å². The number of carbonyl (C=O) groups is 1. The summed E-state index contributed by atoms with van der Waals surface area (Å²) in [4.78, 5) is 11.0. The first kappa shape index (κ1) is 25.7. The highest BCUT2D eigenvalue weighted by molar-refractivity contribution is 8.00. The molecule has 0 aliphatic carbocycles. The molecule has 154 valence electrons. The van der Waals surface area contributed by atoms with Crippen molar-refractivity contribution in [3.63, 3.8) is 0 Å². The van der Waals surface area contributed by atoms with Gasteiger partial charge in [-0.1, -0.05) is 46.6 Å². The Kier molecular flexibility index (Phi) is 14.1. The number of nitrogens with two attached hydrogens (primary N) is 1. The molecule has 0 aromatic rings. The van der Waals surface area contributed by atoms with Crippen LogP contribution in [-0.2, 0) is 4.79 Å². The second-order valence-electron chi connectivity index (χ2n) is 7.76. The van der Waals surface area contributed by atoms with E-state index in [9.17, 15) is 4.79 Å². The molecular weight excluding hydrogens is 354 g/mol. The fraction of sp³-hybridized carbons (Fsp3) is 0.609. The van der Waals surface area contributed by atoms with Crippen LogP contribution in [0.25, 0.3) is 0 Å². The molecule has 0 amide bonds. The third-order valence-corrected chi connectivity index (χ3v) is 5.47. The standard InChI is InChI=1S/C23H39NO2S/c1-17(2)9-7-11-19(5)13-14-21(27-16-22(24)23(25)26)15-20(6)12-8-10-18(3)4/h9-10,13,15,21-22H,7-8,11-12,14,16,24H2,1-6H3,(H,25,26)/b19-13+,20-15+/t21?,22-/m0/s1. The van der Waals surface area contributed by atoms with Gasteiger partial charge in [0.2, 0.25) is 0 Å². The topological polar surface area (TPSA) is 63.3 Å². The van der Waals surface area contributed by atoms with E-state index in [1.807, 2.05) is 0 Å². The summed E-state index contributed by atoms with van der Waals surface area (Å²) in [5, 5.41) is 9.29. The van der Waals surface area contributed by atoms with Crippen LogP contribution in [0.1, 0.15) is 73.6 Å². The van der Waals surface area contributed by atoms with Crippen molar-refractivity contribution in [1.82, 2.24) is 0 Å². The van der Waals surface area contributed by atoms with Gasteiger partial charge in [0, 0.05) is 11.0 Å². The average molecular weight is 394 g/mol. The molecule has 0 aromatic heterocycles. The van der Waals surface area contributed by atoms with Gasteiger partial charge in [0.05, 0.1) is 0 Å². The minimum atomic E-state index is -0.932. The molecule has 0 bridgehead atoms. The van der Waals surface area contributed by atoms with Crippen molar-refractivity contribution in [2.45, 2.75) is 84.9 Å². The van der Waals surface area contributed by atoms with Gasteiger partial charge in [-0.15, -0.1) is 0 Å². The fourth-order valence-electron chi connectivity index (χ4n) is 2.48. The van der Waals surface area contributed by atoms with Crippen LogP contribution < -0.4 is 5.73 Å². The third kappa shape index (κ3) is 15.5. The summed E-state index contributed by atoms with van der Waals surface area (Å²) < 4.78 is 0. The van der Waals surface area contributed by atoms with E-state index in [0.717, 1.165) is 32.1 Å². The largest absolute Gasteiger partial charge is 0.480 e. The average Bonchev–Trinajstić information content (AvgIpc) is 2.56. The van der Waals surface area contributed by atoms with Crippen molar-refractivity contribution in [3.05, 3.63) is 46.6 Å². The highest BCUT2D eigenvalue weighted by Crippen LogP contribution is 2.22. The quantitative estimate of drug-likeness (QED) is 0.362. The zero-order chi connectivity index (χ0) is 20.8. The lowest BCUT2D eigenvalue weighted by Crippen LogP contribution is -2.33. The molecular formula is C23H39NO2S. The predicted molar refractivity (Wildman–Crippen MR) is 121 cm³/mol. The van der Waals surface area contributed by atoms with Gasteiger partial charge in [-0.3, -0.25) is 4.79 Å².